The van der Waals surface area contributed by atoms with Crippen LogP contribution in [0.3, 0.4) is 0 Å². The van der Waals surface area contributed by atoms with Gasteiger partial charge in [0.2, 0.25) is 5.95 Å². The highest BCUT2D eigenvalue weighted by molar-refractivity contribution is 5.80. The highest BCUT2D eigenvalue weighted by atomic mass is 19.3. The molecule has 2 N–H and O–H groups in total. The summed E-state index contributed by atoms with van der Waals surface area (Å²) in [6.07, 6.45) is -1.60. The summed E-state index contributed by atoms with van der Waals surface area (Å²) in [6, 6.07) is 15.1. The Morgan fingerprint density at radius 2 is 1.89 bits per heavy atom. The lowest BCUT2D eigenvalue weighted by Gasteiger charge is -2.43. The molecule has 1 amide bonds. The van der Waals surface area contributed by atoms with E-state index in [-0.39, 0.29) is 23.7 Å². The van der Waals surface area contributed by atoms with E-state index in [2.05, 4.69) is 42.2 Å². The number of nitrogens with one attached hydrogen (secondary N) is 1. The average Bonchev–Trinajstić information content (AvgIpc) is 3.02. The highest BCUT2D eigenvalue weighted by Gasteiger charge is 2.51. The number of nitriles is 1. The number of piperidine rings is 1. The molecule has 242 valence electrons. The molecule has 3 aromatic rings. The molecule has 3 saturated heterocycles. The van der Waals surface area contributed by atoms with Gasteiger partial charge in [-0.1, -0.05) is 6.92 Å². The van der Waals surface area contributed by atoms with Gasteiger partial charge in [0.05, 0.1) is 31.4 Å². The van der Waals surface area contributed by atoms with E-state index in [1.54, 1.807) is 13.0 Å². The van der Waals surface area contributed by atoms with Crippen LogP contribution in [0.5, 0.6) is 5.75 Å². The summed E-state index contributed by atoms with van der Waals surface area (Å²) >= 11 is 0. The van der Waals surface area contributed by atoms with Crippen LogP contribution in [0.15, 0.2) is 48.8 Å². The third-order valence-corrected chi connectivity index (χ3v) is 8.64. The van der Waals surface area contributed by atoms with Gasteiger partial charge >= 0.3 is 5.92 Å². The second kappa shape index (κ2) is 13.1. The minimum atomic E-state index is -3.40. The molecule has 0 spiro atoms. The lowest BCUT2D eigenvalue weighted by atomic mass is 9.92. The van der Waals surface area contributed by atoms with Crippen LogP contribution in [0, 0.1) is 17.2 Å². The number of hydrogen-bond donors (Lipinski definition) is 2. The topological polar surface area (TPSA) is 140 Å². The predicted molar refractivity (Wildman–Crippen MR) is 165 cm³/mol. The summed E-state index contributed by atoms with van der Waals surface area (Å²) in [6.45, 7) is 7.49. The van der Waals surface area contributed by atoms with Crippen molar-refractivity contribution in [2.45, 2.75) is 38.0 Å². The van der Waals surface area contributed by atoms with Gasteiger partial charge in [-0.2, -0.15) is 10.2 Å². The summed E-state index contributed by atoms with van der Waals surface area (Å²) in [5.41, 5.74) is 2.46. The second-order valence-corrected chi connectivity index (χ2v) is 12.0. The Kier molecular flexibility index (Phi) is 8.99. The number of hydrogen-bond acceptors (Lipinski definition) is 11. The normalized spacial score (nSPS) is 22.4. The Bertz CT molecular complexity index is 1590. The van der Waals surface area contributed by atoms with Crippen LogP contribution in [-0.4, -0.2) is 112 Å². The summed E-state index contributed by atoms with van der Waals surface area (Å²) in [5.74, 6) is -4.35. The van der Waals surface area contributed by atoms with Gasteiger partial charge in [-0.05, 0) is 49.4 Å². The monoisotopic (exact) mass is 634 g/mol. The fourth-order valence-electron chi connectivity index (χ4n) is 6.06. The molecule has 6 rings (SSSR count). The number of rotatable bonds is 8. The number of carbonyl (C=O) groups excluding carboxylic acids is 1. The third kappa shape index (κ3) is 6.72. The number of halogens is 2. The van der Waals surface area contributed by atoms with E-state index in [9.17, 15) is 15.2 Å². The minimum Gasteiger partial charge on any atom is -0.482 e. The molecule has 0 radical (unpaired) electrons. The molecule has 0 bridgehead atoms. The Hall–Kier alpha value is -4.45. The zero-order valence-electron chi connectivity index (χ0n) is 25.6. The first-order chi connectivity index (χ1) is 22.1. The van der Waals surface area contributed by atoms with Crippen molar-refractivity contribution in [1.82, 2.24) is 24.8 Å². The number of nitrogens with zero attached hydrogens (tertiary/aromatic N) is 7. The van der Waals surface area contributed by atoms with Gasteiger partial charge in [-0.3, -0.25) is 9.69 Å². The molecule has 12 nitrogen and oxygen atoms in total. The predicted octanol–water partition coefficient (Wildman–Crippen LogP) is 2.92. The molecule has 1 unspecified atom stereocenters. The number of carbonyl (C=O) groups is 1. The van der Waals surface area contributed by atoms with Crippen molar-refractivity contribution in [3.05, 3.63) is 54.4 Å². The number of piperazine rings is 1. The molecule has 3 aliphatic heterocycles. The van der Waals surface area contributed by atoms with Crippen LogP contribution in [0.1, 0.15) is 19.4 Å². The van der Waals surface area contributed by atoms with E-state index in [0.717, 1.165) is 55.7 Å². The zero-order valence-corrected chi connectivity index (χ0v) is 25.6. The first-order valence-corrected chi connectivity index (χ1v) is 15.3. The number of aromatic nitrogens is 3. The summed E-state index contributed by atoms with van der Waals surface area (Å²) < 4.78 is 41.3. The highest BCUT2D eigenvalue weighted by Crippen LogP contribution is 2.36. The number of alkyl halides is 2. The number of likely N-dealkylation sites (tertiary alicyclic amines) is 1. The van der Waals surface area contributed by atoms with Gasteiger partial charge in [0.1, 0.15) is 24.3 Å². The Morgan fingerprint density at radius 3 is 2.52 bits per heavy atom. The van der Waals surface area contributed by atoms with Gasteiger partial charge in [0.25, 0.3) is 5.91 Å². The lowest BCUT2D eigenvalue weighted by molar-refractivity contribution is -0.177. The number of anilines is 3. The average molecular weight is 635 g/mol. The van der Waals surface area contributed by atoms with Crippen LogP contribution in [0.25, 0.3) is 11.4 Å². The molecular formula is C32H36F2N8O4. The van der Waals surface area contributed by atoms with Crippen LogP contribution < -0.4 is 15.0 Å². The third-order valence-electron chi connectivity index (χ3n) is 8.64. The Balaban J connectivity index is 1.10. The molecule has 46 heavy (non-hydrogen) atoms. The number of aliphatic hydroxyl groups excluding tert-OH is 1. The van der Waals surface area contributed by atoms with Crippen molar-refractivity contribution in [3.8, 4) is 23.2 Å². The molecule has 14 heteroatoms. The van der Waals surface area contributed by atoms with Gasteiger partial charge < -0.3 is 29.7 Å². The maximum Gasteiger partial charge on any atom is 0.301 e. The molecule has 2 aromatic carbocycles. The van der Waals surface area contributed by atoms with E-state index >= 15 is 8.78 Å². The number of amides is 1. The zero-order chi connectivity index (χ0) is 32.4. The molecular weight excluding hydrogens is 598 g/mol. The van der Waals surface area contributed by atoms with E-state index in [4.69, 9.17) is 9.47 Å². The first-order valence-electron chi connectivity index (χ1n) is 15.3. The van der Waals surface area contributed by atoms with E-state index in [0.29, 0.717) is 17.6 Å². The van der Waals surface area contributed by atoms with E-state index in [1.807, 2.05) is 18.2 Å². The van der Waals surface area contributed by atoms with Gasteiger partial charge in [-0.25, -0.2) is 18.7 Å². The molecule has 3 aliphatic rings. The van der Waals surface area contributed by atoms with Crippen molar-refractivity contribution in [1.29, 1.82) is 5.26 Å². The molecule has 3 atom stereocenters. The summed E-state index contributed by atoms with van der Waals surface area (Å²) in [4.78, 5) is 30.9. The van der Waals surface area contributed by atoms with Crippen LogP contribution in [-0.2, 0) is 9.53 Å². The fraction of sp³-hybridized carbons (Fsp3) is 0.469. The molecule has 3 fully saturated rings. The van der Waals surface area contributed by atoms with Gasteiger partial charge in [0, 0.05) is 55.6 Å². The maximum atomic E-state index is 15.1. The fourth-order valence-corrected chi connectivity index (χ4v) is 6.06. The smallest absolute Gasteiger partial charge is 0.301 e. The number of benzene rings is 2. The minimum absolute atomic E-state index is 0.0101. The van der Waals surface area contributed by atoms with Crippen LogP contribution in [0.4, 0.5) is 26.1 Å². The van der Waals surface area contributed by atoms with Crippen LogP contribution >= 0.6 is 0 Å². The van der Waals surface area contributed by atoms with E-state index < -0.39 is 36.5 Å². The van der Waals surface area contributed by atoms with Gasteiger partial charge in [-0.15, -0.1) is 0 Å². The van der Waals surface area contributed by atoms with Crippen molar-refractivity contribution < 1.29 is 28.2 Å². The molecule has 4 heterocycles. The largest absolute Gasteiger partial charge is 0.482 e. The van der Waals surface area contributed by atoms with Crippen molar-refractivity contribution >= 4 is 23.2 Å². The number of aliphatic hydroxyl groups is 1. The lowest BCUT2D eigenvalue weighted by Crippen LogP contribution is -2.60. The Labute approximate surface area is 265 Å². The summed E-state index contributed by atoms with van der Waals surface area (Å²) in [7, 11) is 0. The van der Waals surface area contributed by atoms with E-state index in [1.165, 1.54) is 25.4 Å². The molecule has 0 saturated carbocycles. The SMILES string of the molecule is CC(O)C(=O)N1C[C@@H](C)[C@H](Oc2ccc(-c3ncnc(Nc4ccc(N5CCN(C6COC6)CC5)cc4)n3)cc2C#N)C(F)(F)C1. The summed E-state index contributed by atoms with van der Waals surface area (Å²) in [5, 5.41) is 22.6. The van der Waals surface area contributed by atoms with Crippen molar-refractivity contribution in [3.63, 3.8) is 0 Å². The maximum absolute atomic E-state index is 15.1. The first kappa shape index (κ1) is 31.5. The Morgan fingerprint density at radius 1 is 1.15 bits per heavy atom. The molecule has 0 aliphatic carbocycles. The second-order valence-electron chi connectivity index (χ2n) is 12.0. The van der Waals surface area contributed by atoms with Crippen LogP contribution in [0.2, 0.25) is 0 Å². The van der Waals surface area contributed by atoms with Crippen molar-refractivity contribution in [2.24, 2.45) is 5.92 Å². The van der Waals surface area contributed by atoms with Crippen molar-refractivity contribution in [2.75, 3.05) is 62.7 Å². The number of ether oxygens (including phenoxy) is 2. The van der Waals surface area contributed by atoms with Gasteiger partial charge in [0.15, 0.2) is 11.9 Å². The standard InChI is InChI=1S/C32H36F2N8O4/c1-20-15-42(30(44)21(2)43)18-32(33,34)28(20)46-27-8-3-22(13-23(27)14-35)29-36-19-37-31(39-29)38-24-4-6-25(7-5-24)40-9-11-41(12-10-40)26-16-45-17-26/h3-8,13,19-21,26,28,43H,9-12,15-18H2,1-2H3,(H,36,37,38,39)/t20-,21?,28+/m1/s1. The quantitative estimate of drug-likeness (QED) is 0.378. The molecule has 1 aromatic heterocycles.